The Hall–Kier alpha value is -0.0600. The summed E-state index contributed by atoms with van der Waals surface area (Å²) < 4.78 is 0.396. The van der Waals surface area contributed by atoms with E-state index in [0.29, 0.717) is 10.8 Å². The zero-order valence-electron chi connectivity index (χ0n) is 11.7. The van der Waals surface area contributed by atoms with Gasteiger partial charge in [-0.2, -0.15) is 11.8 Å². The normalized spacial score (nSPS) is 25.5. The Morgan fingerprint density at radius 1 is 1.56 bits per heavy atom. The summed E-state index contributed by atoms with van der Waals surface area (Å²) in [7, 11) is 0. The fourth-order valence-corrected chi connectivity index (χ4v) is 4.65. The Balaban J connectivity index is 2.04. The Morgan fingerprint density at radius 2 is 2.39 bits per heavy atom. The van der Waals surface area contributed by atoms with Gasteiger partial charge in [0.1, 0.15) is 0 Å². The first-order chi connectivity index (χ1) is 8.64. The van der Waals surface area contributed by atoms with E-state index in [1.807, 2.05) is 0 Å². The zero-order chi connectivity index (χ0) is 13.0. The van der Waals surface area contributed by atoms with Gasteiger partial charge in [0, 0.05) is 22.6 Å². The van der Waals surface area contributed by atoms with E-state index in [0.717, 1.165) is 13.0 Å². The van der Waals surface area contributed by atoms with Crippen LogP contribution in [0.5, 0.6) is 0 Å². The maximum Gasteiger partial charge on any atom is 0.0897 e. The van der Waals surface area contributed by atoms with Crippen molar-refractivity contribution in [2.45, 2.75) is 57.2 Å². The number of aryl methyl sites for hydroxylation is 1. The molecule has 1 aliphatic rings. The molecule has 1 saturated heterocycles. The smallest absolute Gasteiger partial charge is 0.0897 e. The molecule has 0 spiro atoms. The lowest BCUT2D eigenvalue weighted by molar-refractivity contribution is 0.396. The first-order valence-electron chi connectivity index (χ1n) is 6.92. The molecule has 0 saturated carbocycles. The van der Waals surface area contributed by atoms with Gasteiger partial charge in [-0.15, -0.1) is 11.3 Å². The minimum Gasteiger partial charge on any atom is -0.312 e. The average molecular weight is 284 g/mol. The standard InChI is InChI=1S/C14H24N2S2/c1-4-7-15-13(14(3)6-5-8-18-14)9-12-10-17-11(2)16-12/h10,13,15H,4-9H2,1-3H3. The number of thioether (sulfide) groups is 1. The molecular formula is C14H24N2S2. The lowest BCUT2D eigenvalue weighted by Crippen LogP contribution is -2.47. The molecule has 2 atom stereocenters. The van der Waals surface area contributed by atoms with Crippen LogP contribution in [0.4, 0.5) is 0 Å². The summed E-state index contributed by atoms with van der Waals surface area (Å²) in [6.45, 7) is 7.87. The Bertz CT molecular complexity index is 370. The second-order valence-electron chi connectivity index (χ2n) is 5.33. The van der Waals surface area contributed by atoms with Crippen LogP contribution >= 0.6 is 23.1 Å². The van der Waals surface area contributed by atoms with E-state index in [-0.39, 0.29) is 0 Å². The molecule has 4 heteroatoms. The zero-order valence-corrected chi connectivity index (χ0v) is 13.3. The van der Waals surface area contributed by atoms with Gasteiger partial charge in [-0.05, 0) is 45.4 Å². The number of nitrogens with one attached hydrogen (secondary N) is 1. The van der Waals surface area contributed by atoms with Crippen LogP contribution in [-0.4, -0.2) is 28.1 Å². The third-order valence-electron chi connectivity index (χ3n) is 3.71. The van der Waals surface area contributed by atoms with Crippen LogP contribution < -0.4 is 5.32 Å². The summed E-state index contributed by atoms with van der Waals surface area (Å²) >= 11 is 3.91. The molecule has 0 radical (unpaired) electrons. The van der Waals surface area contributed by atoms with Gasteiger partial charge in [-0.1, -0.05) is 6.92 Å². The third-order valence-corrected chi connectivity index (χ3v) is 6.17. The van der Waals surface area contributed by atoms with E-state index in [2.05, 4.69) is 48.2 Å². The number of nitrogens with zero attached hydrogens (tertiary/aromatic N) is 1. The highest BCUT2D eigenvalue weighted by Crippen LogP contribution is 2.41. The lowest BCUT2D eigenvalue weighted by Gasteiger charge is -2.34. The van der Waals surface area contributed by atoms with Gasteiger partial charge >= 0.3 is 0 Å². The summed E-state index contributed by atoms with van der Waals surface area (Å²) in [5.41, 5.74) is 1.26. The Kier molecular flexibility index (Phi) is 5.10. The number of aromatic nitrogens is 1. The van der Waals surface area contributed by atoms with Gasteiger partial charge in [0.05, 0.1) is 10.7 Å². The van der Waals surface area contributed by atoms with E-state index in [1.165, 1.54) is 35.7 Å². The molecule has 1 N–H and O–H groups in total. The van der Waals surface area contributed by atoms with Crippen LogP contribution in [0.1, 0.15) is 43.8 Å². The first-order valence-corrected chi connectivity index (χ1v) is 8.79. The van der Waals surface area contributed by atoms with E-state index >= 15 is 0 Å². The Morgan fingerprint density at radius 3 is 2.94 bits per heavy atom. The summed E-state index contributed by atoms with van der Waals surface area (Å²) in [5.74, 6) is 1.32. The van der Waals surface area contributed by atoms with Gasteiger partial charge in [-0.3, -0.25) is 0 Å². The van der Waals surface area contributed by atoms with Crippen LogP contribution in [0.3, 0.4) is 0 Å². The molecule has 2 heterocycles. The van der Waals surface area contributed by atoms with E-state index in [9.17, 15) is 0 Å². The van der Waals surface area contributed by atoms with Crippen LogP contribution in [0.2, 0.25) is 0 Å². The fourth-order valence-electron chi connectivity index (χ4n) is 2.61. The SMILES string of the molecule is CCCNC(Cc1csc(C)n1)C1(C)CCCS1. The predicted molar refractivity (Wildman–Crippen MR) is 82.7 cm³/mol. The summed E-state index contributed by atoms with van der Waals surface area (Å²) in [5, 5.41) is 7.16. The predicted octanol–water partition coefficient (Wildman–Crippen LogP) is 3.65. The number of rotatable bonds is 6. The van der Waals surface area contributed by atoms with E-state index in [1.54, 1.807) is 11.3 Å². The van der Waals surface area contributed by atoms with Gasteiger partial charge in [-0.25, -0.2) is 4.98 Å². The number of thiazole rings is 1. The molecule has 2 unspecified atom stereocenters. The van der Waals surface area contributed by atoms with Crippen LogP contribution in [0.15, 0.2) is 5.38 Å². The summed E-state index contributed by atoms with van der Waals surface area (Å²) in [6.07, 6.45) is 4.98. The van der Waals surface area contributed by atoms with Crippen molar-refractivity contribution in [2.75, 3.05) is 12.3 Å². The highest BCUT2D eigenvalue weighted by atomic mass is 32.2. The monoisotopic (exact) mass is 284 g/mol. The van der Waals surface area contributed by atoms with E-state index in [4.69, 9.17) is 0 Å². The fraction of sp³-hybridized carbons (Fsp3) is 0.786. The van der Waals surface area contributed by atoms with Gasteiger partial charge in [0.15, 0.2) is 0 Å². The van der Waals surface area contributed by atoms with Crippen molar-refractivity contribution in [3.63, 3.8) is 0 Å². The molecule has 1 fully saturated rings. The topological polar surface area (TPSA) is 24.9 Å². The molecule has 2 nitrogen and oxygen atoms in total. The minimum atomic E-state index is 0.396. The molecule has 1 aromatic heterocycles. The van der Waals surface area contributed by atoms with Crippen molar-refractivity contribution in [1.82, 2.24) is 10.3 Å². The van der Waals surface area contributed by atoms with Gasteiger partial charge in [0.2, 0.25) is 0 Å². The number of hydrogen-bond acceptors (Lipinski definition) is 4. The lowest BCUT2D eigenvalue weighted by atomic mass is 9.92. The van der Waals surface area contributed by atoms with Gasteiger partial charge in [0.25, 0.3) is 0 Å². The van der Waals surface area contributed by atoms with Crippen molar-refractivity contribution in [3.8, 4) is 0 Å². The van der Waals surface area contributed by atoms with Crippen LogP contribution in [0, 0.1) is 6.92 Å². The molecule has 0 aliphatic carbocycles. The molecule has 2 rings (SSSR count). The minimum absolute atomic E-state index is 0.396. The summed E-state index contributed by atoms with van der Waals surface area (Å²) in [4.78, 5) is 4.63. The molecule has 1 aromatic rings. The quantitative estimate of drug-likeness (QED) is 0.863. The van der Waals surface area contributed by atoms with Crippen molar-refractivity contribution < 1.29 is 0 Å². The van der Waals surface area contributed by atoms with Crippen molar-refractivity contribution in [2.24, 2.45) is 0 Å². The maximum atomic E-state index is 4.63. The largest absolute Gasteiger partial charge is 0.312 e. The van der Waals surface area contributed by atoms with Crippen molar-refractivity contribution in [1.29, 1.82) is 0 Å². The first kappa shape index (κ1) is 14.4. The molecular weight excluding hydrogens is 260 g/mol. The van der Waals surface area contributed by atoms with Crippen molar-refractivity contribution in [3.05, 3.63) is 16.1 Å². The van der Waals surface area contributed by atoms with Crippen LogP contribution in [-0.2, 0) is 6.42 Å². The van der Waals surface area contributed by atoms with E-state index < -0.39 is 0 Å². The number of hydrogen-bond donors (Lipinski definition) is 1. The van der Waals surface area contributed by atoms with Crippen LogP contribution in [0.25, 0.3) is 0 Å². The molecule has 0 bridgehead atoms. The molecule has 0 amide bonds. The molecule has 1 aliphatic heterocycles. The maximum absolute atomic E-state index is 4.63. The summed E-state index contributed by atoms with van der Waals surface area (Å²) in [6, 6.07) is 0.562. The van der Waals surface area contributed by atoms with Crippen molar-refractivity contribution >= 4 is 23.1 Å². The molecule has 0 aromatic carbocycles. The Labute approximate surface area is 119 Å². The second kappa shape index (κ2) is 6.40. The highest BCUT2D eigenvalue weighted by molar-refractivity contribution is 8.00. The average Bonchev–Trinajstić information content (AvgIpc) is 2.94. The van der Waals surface area contributed by atoms with Gasteiger partial charge < -0.3 is 5.32 Å². The third kappa shape index (κ3) is 3.49. The molecule has 102 valence electrons. The highest BCUT2D eigenvalue weighted by Gasteiger charge is 2.37. The second-order valence-corrected chi connectivity index (χ2v) is 8.03. The molecule has 18 heavy (non-hydrogen) atoms.